The molecule has 0 atom stereocenters. The molecule has 0 heterocycles. The molecule has 0 aliphatic rings. The number of hydrogen-bond donors (Lipinski definition) is 2. The topological polar surface area (TPSA) is 58.2 Å². The monoisotopic (exact) mass is 240 g/mol. The van der Waals surface area contributed by atoms with Crippen molar-refractivity contribution in [2.75, 3.05) is 19.0 Å². The summed E-state index contributed by atoms with van der Waals surface area (Å²) in [5, 5.41) is 5.24. The second-order valence-electron chi connectivity index (χ2n) is 3.11. The minimum atomic E-state index is -0.240. The number of halogens is 1. The first-order valence-corrected chi connectivity index (χ1v) is 5.43. The van der Waals surface area contributed by atoms with Gasteiger partial charge in [-0.3, -0.25) is 9.59 Å². The van der Waals surface area contributed by atoms with Crippen LogP contribution in [0.25, 0.3) is 0 Å². The van der Waals surface area contributed by atoms with Gasteiger partial charge in [0.25, 0.3) is 5.91 Å². The number of amides is 2. The fraction of sp³-hybridized carbons (Fsp3) is 0.273. The predicted octanol–water partition coefficient (Wildman–Crippen LogP) is 0.771. The zero-order chi connectivity index (χ0) is 11.8. The molecule has 2 amide bonds. The molecule has 0 aromatic heterocycles. The molecule has 0 unspecified atom stereocenters. The molecule has 1 rings (SSSR count). The molecule has 0 radical (unpaired) electrons. The molecule has 0 saturated carbocycles. The van der Waals surface area contributed by atoms with Crippen molar-refractivity contribution in [3.05, 3.63) is 35.9 Å². The number of carbonyl (C=O) groups is 2. The van der Waals surface area contributed by atoms with Crippen LogP contribution in [-0.2, 0) is 4.79 Å². The molecular weight excluding hydrogens is 228 g/mol. The Morgan fingerprint density at radius 2 is 1.69 bits per heavy atom. The fourth-order valence-corrected chi connectivity index (χ4v) is 1.21. The molecular formula is C11H13ClN2O2. The van der Waals surface area contributed by atoms with E-state index in [9.17, 15) is 9.59 Å². The summed E-state index contributed by atoms with van der Waals surface area (Å²) in [6.07, 6.45) is 0. The smallest absolute Gasteiger partial charge is 0.251 e. The summed E-state index contributed by atoms with van der Waals surface area (Å²) in [5.74, 6) is -0.455. The molecule has 0 aliphatic carbocycles. The molecule has 0 saturated heterocycles. The van der Waals surface area contributed by atoms with Gasteiger partial charge in [-0.25, -0.2) is 0 Å². The lowest BCUT2D eigenvalue weighted by Gasteiger charge is -2.05. The second kappa shape index (κ2) is 6.85. The van der Waals surface area contributed by atoms with E-state index < -0.39 is 0 Å². The molecule has 0 bridgehead atoms. The van der Waals surface area contributed by atoms with Crippen molar-refractivity contribution in [2.24, 2.45) is 0 Å². The van der Waals surface area contributed by atoms with Crippen LogP contribution in [0, 0.1) is 0 Å². The van der Waals surface area contributed by atoms with Crippen LogP contribution < -0.4 is 10.6 Å². The summed E-state index contributed by atoms with van der Waals surface area (Å²) in [4.78, 5) is 22.3. The van der Waals surface area contributed by atoms with E-state index >= 15 is 0 Å². The Labute approximate surface area is 99.0 Å². The van der Waals surface area contributed by atoms with Crippen molar-refractivity contribution in [2.45, 2.75) is 0 Å². The summed E-state index contributed by atoms with van der Waals surface area (Å²) in [6, 6.07) is 8.89. The Kier molecular flexibility index (Phi) is 5.36. The van der Waals surface area contributed by atoms with Gasteiger partial charge in [-0.05, 0) is 12.1 Å². The van der Waals surface area contributed by atoms with Gasteiger partial charge in [0.05, 0.1) is 0 Å². The quantitative estimate of drug-likeness (QED) is 0.590. The van der Waals surface area contributed by atoms with Crippen molar-refractivity contribution in [1.82, 2.24) is 10.6 Å². The Morgan fingerprint density at radius 1 is 1.06 bits per heavy atom. The maximum Gasteiger partial charge on any atom is 0.251 e. The zero-order valence-corrected chi connectivity index (χ0v) is 9.46. The lowest BCUT2D eigenvalue weighted by molar-refractivity contribution is -0.118. The van der Waals surface area contributed by atoms with Crippen LogP contribution in [-0.4, -0.2) is 30.8 Å². The third-order valence-electron chi connectivity index (χ3n) is 1.89. The van der Waals surface area contributed by atoms with Crippen LogP contribution in [0.4, 0.5) is 0 Å². The van der Waals surface area contributed by atoms with E-state index in [1.165, 1.54) is 0 Å². The SMILES string of the molecule is O=C(CCl)NCCNC(=O)c1ccccc1. The second-order valence-corrected chi connectivity index (χ2v) is 3.37. The van der Waals surface area contributed by atoms with Gasteiger partial charge >= 0.3 is 0 Å². The van der Waals surface area contributed by atoms with E-state index in [0.29, 0.717) is 18.7 Å². The highest BCUT2D eigenvalue weighted by molar-refractivity contribution is 6.27. The van der Waals surface area contributed by atoms with E-state index in [-0.39, 0.29) is 17.7 Å². The van der Waals surface area contributed by atoms with Crippen molar-refractivity contribution < 1.29 is 9.59 Å². The largest absolute Gasteiger partial charge is 0.353 e. The van der Waals surface area contributed by atoms with Crippen LogP contribution in [0.5, 0.6) is 0 Å². The van der Waals surface area contributed by atoms with Gasteiger partial charge in [0.2, 0.25) is 5.91 Å². The molecule has 0 spiro atoms. The Hall–Kier alpha value is -1.55. The normalized spacial score (nSPS) is 9.56. The Balaban J connectivity index is 2.24. The first-order chi connectivity index (χ1) is 7.74. The van der Waals surface area contributed by atoms with Crippen molar-refractivity contribution in [3.8, 4) is 0 Å². The van der Waals surface area contributed by atoms with Crippen LogP contribution >= 0.6 is 11.6 Å². The molecule has 5 heteroatoms. The van der Waals surface area contributed by atoms with Crippen molar-refractivity contribution >= 4 is 23.4 Å². The number of carbonyl (C=O) groups excluding carboxylic acids is 2. The molecule has 1 aromatic carbocycles. The summed E-state index contributed by atoms with van der Waals surface area (Å²) < 4.78 is 0. The van der Waals surface area contributed by atoms with E-state index in [2.05, 4.69) is 10.6 Å². The Bertz CT molecular complexity index is 354. The van der Waals surface area contributed by atoms with Gasteiger partial charge in [-0.2, -0.15) is 0 Å². The average Bonchev–Trinajstić information content (AvgIpc) is 2.35. The minimum absolute atomic E-state index is 0.0629. The maximum absolute atomic E-state index is 11.5. The van der Waals surface area contributed by atoms with Gasteiger partial charge in [0.15, 0.2) is 0 Å². The van der Waals surface area contributed by atoms with Gasteiger partial charge in [0, 0.05) is 18.7 Å². The molecule has 2 N–H and O–H groups in total. The summed E-state index contributed by atoms with van der Waals surface area (Å²) >= 11 is 5.29. The van der Waals surface area contributed by atoms with Crippen molar-refractivity contribution in [3.63, 3.8) is 0 Å². The highest BCUT2D eigenvalue weighted by Crippen LogP contribution is 1.96. The molecule has 0 aliphatic heterocycles. The molecule has 1 aromatic rings. The highest BCUT2D eigenvalue weighted by atomic mass is 35.5. The molecule has 16 heavy (non-hydrogen) atoms. The summed E-state index contributed by atoms with van der Waals surface area (Å²) in [7, 11) is 0. The first kappa shape index (κ1) is 12.5. The zero-order valence-electron chi connectivity index (χ0n) is 8.70. The standard InChI is InChI=1S/C11H13ClN2O2/c12-8-10(15)13-6-7-14-11(16)9-4-2-1-3-5-9/h1-5H,6-8H2,(H,13,15)(H,14,16). The fourth-order valence-electron chi connectivity index (χ4n) is 1.12. The summed E-state index contributed by atoms with van der Waals surface area (Å²) in [6.45, 7) is 0.764. The van der Waals surface area contributed by atoms with Gasteiger partial charge in [-0.15, -0.1) is 11.6 Å². The molecule has 86 valence electrons. The third kappa shape index (κ3) is 4.31. The summed E-state index contributed by atoms with van der Waals surface area (Å²) in [5.41, 5.74) is 0.603. The van der Waals surface area contributed by atoms with E-state index in [0.717, 1.165) is 0 Å². The van der Waals surface area contributed by atoms with Crippen LogP contribution in [0.3, 0.4) is 0 Å². The van der Waals surface area contributed by atoms with Gasteiger partial charge < -0.3 is 10.6 Å². The number of alkyl halides is 1. The lowest BCUT2D eigenvalue weighted by atomic mass is 10.2. The highest BCUT2D eigenvalue weighted by Gasteiger charge is 2.03. The minimum Gasteiger partial charge on any atom is -0.353 e. The average molecular weight is 241 g/mol. The van der Waals surface area contributed by atoms with Crippen LogP contribution in [0.15, 0.2) is 30.3 Å². The number of nitrogens with one attached hydrogen (secondary N) is 2. The van der Waals surface area contributed by atoms with Crippen LogP contribution in [0.2, 0.25) is 0 Å². The van der Waals surface area contributed by atoms with Gasteiger partial charge in [0.1, 0.15) is 5.88 Å². The van der Waals surface area contributed by atoms with Crippen molar-refractivity contribution in [1.29, 1.82) is 0 Å². The lowest BCUT2D eigenvalue weighted by Crippen LogP contribution is -2.35. The molecule has 0 fully saturated rings. The Morgan fingerprint density at radius 3 is 2.31 bits per heavy atom. The third-order valence-corrected chi connectivity index (χ3v) is 2.13. The predicted molar refractivity (Wildman–Crippen MR) is 62.5 cm³/mol. The number of rotatable bonds is 5. The van der Waals surface area contributed by atoms with E-state index in [4.69, 9.17) is 11.6 Å². The first-order valence-electron chi connectivity index (χ1n) is 4.90. The van der Waals surface area contributed by atoms with E-state index in [1.54, 1.807) is 24.3 Å². The van der Waals surface area contributed by atoms with E-state index in [1.807, 2.05) is 6.07 Å². The van der Waals surface area contributed by atoms with Crippen LogP contribution in [0.1, 0.15) is 10.4 Å². The van der Waals surface area contributed by atoms with Gasteiger partial charge in [-0.1, -0.05) is 18.2 Å². The maximum atomic E-state index is 11.5. The number of hydrogen-bond acceptors (Lipinski definition) is 2. The number of benzene rings is 1. The molecule has 4 nitrogen and oxygen atoms in total.